The zero-order valence-electron chi connectivity index (χ0n) is 38.4. The third kappa shape index (κ3) is 46.7. The van der Waals surface area contributed by atoms with E-state index in [1.165, 1.54) is 38.5 Å². The molecule has 0 aliphatic carbocycles. The Morgan fingerprint density at radius 1 is 0.383 bits per heavy atom. The lowest BCUT2D eigenvalue weighted by molar-refractivity contribution is -0.162. The first kappa shape index (κ1) is 56.0. The molecule has 60 heavy (non-hydrogen) atoms. The molecular weight excluding hydrogens is 741 g/mol. The standard InChI is InChI=1S/C55H86O5/c1-4-7-10-13-16-19-22-25-27-29-32-35-38-41-44-47-50-58-51-53(60-55(57)49-46-43-40-37-34-30-24-21-18-15-12-9-6-3)52-59-54(56)48-45-42-39-36-33-31-28-26-23-20-17-14-11-8-5-2/h7,9-10,12,16-21,25-28,30,32,34-35,40-41,43-44,53H,4-6,8,11,13-15,22-24,29,31,33,36-39,42,45-52H2,1-3H3/b10-7-,12-9-,19-16-,20-17-,21-18-,27-25-,28-26-,34-30-,35-32-,43-40-,44-41-. The predicted molar refractivity (Wildman–Crippen MR) is 260 cm³/mol. The zero-order valence-corrected chi connectivity index (χ0v) is 38.4. The molecule has 0 heterocycles. The minimum absolute atomic E-state index is 0.0104. The van der Waals surface area contributed by atoms with Crippen LogP contribution >= 0.6 is 0 Å². The molecule has 1 unspecified atom stereocenters. The Morgan fingerprint density at radius 3 is 1.27 bits per heavy atom. The Balaban J connectivity index is 4.53. The molecule has 0 rings (SSSR count). The van der Waals surface area contributed by atoms with Crippen molar-refractivity contribution in [3.63, 3.8) is 0 Å². The highest BCUT2D eigenvalue weighted by Crippen LogP contribution is 2.10. The molecular formula is C55H86O5. The van der Waals surface area contributed by atoms with E-state index in [1.807, 2.05) is 6.08 Å². The first-order valence-electron chi connectivity index (χ1n) is 23.7. The molecule has 336 valence electrons. The molecule has 0 spiro atoms. The minimum atomic E-state index is -0.628. The molecule has 0 radical (unpaired) electrons. The maximum absolute atomic E-state index is 12.7. The van der Waals surface area contributed by atoms with Gasteiger partial charge >= 0.3 is 11.9 Å². The average Bonchev–Trinajstić information content (AvgIpc) is 3.25. The monoisotopic (exact) mass is 827 g/mol. The predicted octanol–water partition coefficient (Wildman–Crippen LogP) is 16.0. The van der Waals surface area contributed by atoms with Crippen LogP contribution in [-0.4, -0.2) is 37.9 Å². The third-order valence-electron chi connectivity index (χ3n) is 9.18. The van der Waals surface area contributed by atoms with Gasteiger partial charge in [-0.1, -0.05) is 187 Å². The third-order valence-corrected chi connectivity index (χ3v) is 9.18. The van der Waals surface area contributed by atoms with Gasteiger partial charge < -0.3 is 14.2 Å². The van der Waals surface area contributed by atoms with Gasteiger partial charge in [-0.15, -0.1) is 0 Å². The molecule has 0 aromatic carbocycles. The van der Waals surface area contributed by atoms with E-state index in [0.717, 1.165) is 96.3 Å². The average molecular weight is 827 g/mol. The molecule has 0 aromatic rings. The van der Waals surface area contributed by atoms with Crippen LogP contribution < -0.4 is 0 Å². The highest BCUT2D eigenvalue weighted by atomic mass is 16.6. The van der Waals surface area contributed by atoms with Gasteiger partial charge in [0.25, 0.3) is 0 Å². The Labute approximate surface area is 369 Å². The van der Waals surface area contributed by atoms with Crippen molar-refractivity contribution < 1.29 is 23.8 Å². The van der Waals surface area contributed by atoms with Gasteiger partial charge in [-0.3, -0.25) is 9.59 Å². The van der Waals surface area contributed by atoms with E-state index in [-0.39, 0.29) is 31.6 Å². The molecule has 0 saturated carbocycles. The summed E-state index contributed by atoms with van der Waals surface area (Å²) in [6, 6.07) is 0. The van der Waals surface area contributed by atoms with Gasteiger partial charge in [0.15, 0.2) is 6.10 Å². The Kier molecular flexibility index (Phi) is 46.1. The van der Waals surface area contributed by atoms with Crippen molar-refractivity contribution >= 4 is 11.9 Å². The van der Waals surface area contributed by atoms with Crippen molar-refractivity contribution in [3.05, 3.63) is 134 Å². The van der Waals surface area contributed by atoms with E-state index >= 15 is 0 Å². The largest absolute Gasteiger partial charge is 0.462 e. The van der Waals surface area contributed by atoms with Crippen LogP contribution in [0.25, 0.3) is 0 Å². The van der Waals surface area contributed by atoms with E-state index in [1.54, 1.807) is 0 Å². The Morgan fingerprint density at radius 2 is 0.783 bits per heavy atom. The van der Waals surface area contributed by atoms with Gasteiger partial charge in [-0.05, 0) is 109 Å². The highest BCUT2D eigenvalue weighted by molar-refractivity contribution is 5.70. The van der Waals surface area contributed by atoms with Crippen molar-refractivity contribution in [1.82, 2.24) is 0 Å². The molecule has 0 fully saturated rings. The van der Waals surface area contributed by atoms with Crippen molar-refractivity contribution in [1.29, 1.82) is 0 Å². The number of esters is 2. The highest BCUT2D eigenvalue weighted by Gasteiger charge is 2.17. The van der Waals surface area contributed by atoms with E-state index < -0.39 is 6.10 Å². The second-order valence-electron chi connectivity index (χ2n) is 14.9. The second kappa shape index (κ2) is 49.4. The summed E-state index contributed by atoms with van der Waals surface area (Å²) in [6.07, 6.45) is 70.6. The summed E-state index contributed by atoms with van der Waals surface area (Å²) in [4.78, 5) is 25.3. The van der Waals surface area contributed by atoms with Crippen molar-refractivity contribution in [2.45, 2.75) is 181 Å². The van der Waals surface area contributed by atoms with Crippen LogP contribution in [0, 0.1) is 0 Å². The molecule has 5 nitrogen and oxygen atoms in total. The maximum Gasteiger partial charge on any atom is 0.306 e. The van der Waals surface area contributed by atoms with E-state index in [4.69, 9.17) is 14.2 Å². The Bertz CT molecular complexity index is 1300. The SMILES string of the molecule is CC/C=C\C/C=C\C/C=C\C/C=C\C/C=C\CCOCC(COC(=O)CCCCCCC/C=C\C/C=C\CCCCC)OC(=O)CC/C=C\C/C=C\C/C=C\C/C=C\CC. The lowest BCUT2D eigenvalue weighted by atomic mass is 10.1. The first-order valence-corrected chi connectivity index (χ1v) is 23.7. The van der Waals surface area contributed by atoms with Gasteiger partial charge in [0, 0.05) is 12.8 Å². The van der Waals surface area contributed by atoms with Crippen LogP contribution in [0.1, 0.15) is 175 Å². The molecule has 1 atom stereocenters. The number of carbonyl (C=O) groups excluding carboxylic acids is 2. The van der Waals surface area contributed by atoms with E-state index in [2.05, 4.69) is 148 Å². The quantitative estimate of drug-likeness (QED) is 0.0349. The Hall–Kier alpha value is -3.96. The number of hydrogen-bond acceptors (Lipinski definition) is 5. The topological polar surface area (TPSA) is 61.8 Å². The zero-order chi connectivity index (χ0) is 43.5. The van der Waals surface area contributed by atoms with Crippen LogP contribution in [0.4, 0.5) is 0 Å². The molecule has 0 aliphatic heterocycles. The van der Waals surface area contributed by atoms with Crippen LogP contribution in [0.2, 0.25) is 0 Å². The van der Waals surface area contributed by atoms with Crippen LogP contribution in [0.3, 0.4) is 0 Å². The van der Waals surface area contributed by atoms with Crippen molar-refractivity contribution in [3.8, 4) is 0 Å². The number of unbranched alkanes of at least 4 members (excludes halogenated alkanes) is 8. The smallest absolute Gasteiger partial charge is 0.306 e. The number of rotatable bonds is 41. The van der Waals surface area contributed by atoms with Crippen LogP contribution in [0.5, 0.6) is 0 Å². The fraction of sp³-hybridized carbons (Fsp3) is 0.564. The minimum Gasteiger partial charge on any atom is -0.462 e. The normalized spacial score (nSPS) is 13.4. The number of ether oxygens (including phenoxy) is 3. The number of carbonyl (C=O) groups is 2. The molecule has 5 heteroatoms. The van der Waals surface area contributed by atoms with Gasteiger partial charge in [0.2, 0.25) is 0 Å². The van der Waals surface area contributed by atoms with Crippen LogP contribution in [-0.2, 0) is 23.8 Å². The van der Waals surface area contributed by atoms with Gasteiger partial charge in [0.05, 0.1) is 13.2 Å². The summed E-state index contributed by atoms with van der Waals surface area (Å²) < 4.78 is 17.2. The second-order valence-corrected chi connectivity index (χ2v) is 14.9. The molecule has 0 N–H and O–H groups in total. The summed E-state index contributed by atoms with van der Waals surface area (Å²) >= 11 is 0. The van der Waals surface area contributed by atoms with E-state index in [0.29, 0.717) is 19.4 Å². The molecule has 0 saturated heterocycles. The number of hydrogen-bond donors (Lipinski definition) is 0. The molecule has 0 bridgehead atoms. The maximum atomic E-state index is 12.7. The summed E-state index contributed by atoms with van der Waals surface area (Å²) in [6.45, 7) is 7.23. The van der Waals surface area contributed by atoms with Crippen LogP contribution in [0.15, 0.2) is 134 Å². The summed E-state index contributed by atoms with van der Waals surface area (Å²) in [5, 5.41) is 0. The molecule has 0 aliphatic rings. The van der Waals surface area contributed by atoms with Gasteiger partial charge in [-0.25, -0.2) is 0 Å². The lowest BCUT2D eigenvalue weighted by Crippen LogP contribution is -2.30. The fourth-order valence-electron chi connectivity index (χ4n) is 5.73. The molecule has 0 aromatic heterocycles. The van der Waals surface area contributed by atoms with Crippen molar-refractivity contribution in [2.75, 3.05) is 19.8 Å². The van der Waals surface area contributed by atoms with Gasteiger partial charge in [0.1, 0.15) is 6.61 Å². The summed E-state index contributed by atoms with van der Waals surface area (Å²) in [5.41, 5.74) is 0. The lowest BCUT2D eigenvalue weighted by Gasteiger charge is -2.18. The fourth-order valence-corrected chi connectivity index (χ4v) is 5.73. The summed E-state index contributed by atoms with van der Waals surface area (Å²) in [7, 11) is 0. The van der Waals surface area contributed by atoms with E-state index in [9.17, 15) is 9.59 Å². The van der Waals surface area contributed by atoms with Gasteiger partial charge in [-0.2, -0.15) is 0 Å². The van der Waals surface area contributed by atoms with Crippen molar-refractivity contribution in [2.24, 2.45) is 0 Å². The number of allylic oxidation sites excluding steroid dienone is 21. The molecule has 0 amide bonds. The first-order chi connectivity index (χ1) is 29.6. The summed E-state index contributed by atoms with van der Waals surface area (Å²) in [5.74, 6) is -0.561.